The first kappa shape index (κ1) is 80.0. The Balaban J connectivity index is 3.98. The molecule has 0 saturated heterocycles. The normalized spacial score (nSPS) is 13.7. The maximum Gasteiger partial charge on any atom is 0.472 e. The summed E-state index contributed by atoms with van der Waals surface area (Å²) in [4.78, 5) is 23.5. The van der Waals surface area contributed by atoms with Crippen LogP contribution in [-0.2, 0) is 18.4 Å². The Hall–Kier alpha value is -1.02. The fourth-order valence-corrected chi connectivity index (χ4v) is 12.1. The number of rotatable bonds is 68. The van der Waals surface area contributed by atoms with Crippen LogP contribution in [0.4, 0.5) is 0 Å². The number of nitrogens with zero attached hydrogens (tertiary/aromatic N) is 1. The first-order chi connectivity index (χ1) is 39.5. The van der Waals surface area contributed by atoms with E-state index in [1.807, 2.05) is 21.1 Å². The monoisotopic (exact) mass is 1160 g/mol. The number of unbranched alkanes of at least 4 members (excludes halogenated alkanes) is 51. The molecule has 0 aromatic carbocycles. The smallest absolute Gasteiger partial charge is 0.391 e. The second-order valence-electron chi connectivity index (χ2n) is 26.3. The molecule has 0 fully saturated rings. The van der Waals surface area contributed by atoms with Gasteiger partial charge in [-0.25, -0.2) is 4.57 Å². The molecule has 3 N–H and O–H groups in total. The summed E-state index contributed by atoms with van der Waals surface area (Å²) in [6.07, 6.45) is 82.9. The van der Waals surface area contributed by atoms with E-state index in [-0.39, 0.29) is 19.1 Å². The van der Waals surface area contributed by atoms with E-state index in [4.69, 9.17) is 9.05 Å². The minimum absolute atomic E-state index is 0.0776. The van der Waals surface area contributed by atoms with Crippen molar-refractivity contribution in [3.63, 3.8) is 0 Å². The predicted molar refractivity (Wildman–Crippen MR) is 355 cm³/mol. The van der Waals surface area contributed by atoms with Crippen LogP contribution in [0.5, 0.6) is 0 Å². The van der Waals surface area contributed by atoms with Gasteiger partial charge in [0.25, 0.3) is 0 Å². The molecular formula is C72H144N2O6P+. The lowest BCUT2D eigenvalue weighted by atomic mass is 10.0. The zero-order valence-corrected chi connectivity index (χ0v) is 56.2. The third kappa shape index (κ3) is 66.4. The maximum atomic E-state index is 13.1. The summed E-state index contributed by atoms with van der Waals surface area (Å²) in [5.41, 5.74) is 0. The van der Waals surface area contributed by atoms with Crippen LogP contribution in [0.25, 0.3) is 0 Å². The number of allylic oxidation sites excluding steroid dienone is 4. The van der Waals surface area contributed by atoms with Crippen molar-refractivity contribution in [2.45, 2.75) is 392 Å². The molecule has 9 heteroatoms. The van der Waals surface area contributed by atoms with Crippen molar-refractivity contribution in [2.75, 3.05) is 40.9 Å². The third-order valence-corrected chi connectivity index (χ3v) is 17.9. The van der Waals surface area contributed by atoms with Crippen molar-refractivity contribution < 1.29 is 32.9 Å². The average Bonchev–Trinajstić information content (AvgIpc) is 3.43. The van der Waals surface area contributed by atoms with Crippen molar-refractivity contribution in [1.29, 1.82) is 0 Å². The Kier molecular flexibility index (Phi) is 62.7. The zero-order valence-electron chi connectivity index (χ0n) is 55.3. The number of hydrogen-bond acceptors (Lipinski definition) is 5. The lowest BCUT2D eigenvalue weighted by Gasteiger charge is -2.26. The molecule has 0 heterocycles. The first-order valence-corrected chi connectivity index (χ1v) is 37.7. The van der Waals surface area contributed by atoms with E-state index < -0.39 is 20.0 Å². The number of hydrogen-bond donors (Lipinski definition) is 3. The van der Waals surface area contributed by atoms with Gasteiger partial charge in [0.1, 0.15) is 13.2 Å². The summed E-state index contributed by atoms with van der Waals surface area (Å²) < 4.78 is 23.9. The Morgan fingerprint density at radius 3 is 1.01 bits per heavy atom. The maximum absolute atomic E-state index is 13.1. The fourth-order valence-electron chi connectivity index (χ4n) is 11.3. The molecule has 0 aromatic heterocycles. The third-order valence-electron chi connectivity index (χ3n) is 17.0. The Morgan fingerprint density at radius 2 is 0.704 bits per heavy atom. The second-order valence-corrected chi connectivity index (χ2v) is 27.8. The van der Waals surface area contributed by atoms with Crippen molar-refractivity contribution in [2.24, 2.45) is 0 Å². The minimum Gasteiger partial charge on any atom is -0.391 e. The van der Waals surface area contributed by atoms with Crippen molar-refractivity contribution in [1.82, 2.24) is 5.32 Å². The molecule has 482 valence electrons. The van der Waals surface area contributed by atoms with E-state index >= 15 is 0 Å². The molecule has 0 saturated carbocycles. The van der Waals surface area contributed by atoms with Crippen molar-refractivity contribution in [3.8, 4) is 0 Å². The summed E-state index contributed by atoms with van der Waals surface area (Å²) in [6.45, 7) is 4.94. The molecule has 3 atom stereocenters. The van der Waals surface area contributed by atoms with Crippen LogP contribution in [0.2, 0.25) is 0 Å². The van der Waals surface area contributed by atoms with Gasteiger partial charge in [-0.3, -0.25) is 13.8 Å². The van der Waals surface area contributed by atoms with E-state index in [2.05, 4.69) is 43.5 Å². The van der Waals surface area contributed by atoms with Crippen LogP contribution in [-0.4, -0.2) is 73.4 Å². The first-order valence-electron chi connectivity index (χ1n) is 36.2. The molecule has 1 amide bonds. The van der Waals surface area contributed by atoms with Gasteiger partial charge in [-0.2, -0.15) is 0 Å². The number of aliphatic hydroxyl groups is 1. The number of aliphatic hydroxyl groups excluding tert-OH is 1. The van der Waals surface area contributed by atoms with Crippen LogP contribution in [0.15, 0.2) is 24.3 Å². The number of phosphoric ester groups is 1. The van der Waals surface area contributed by atoms with Crippen molar-refractivity contribution >= 4 is 13.7 Å². The van der Waals surface area contributed by atoms with Crippen LogP contribution in [0, 0.1) is 0 Å². The van der Waals surface area contributed by atoms with Crippen LogP contribution in [0.3, 0.4) is 0 Å². The SMILES string of the molecule is CCCCCCC/C=C\C/C=C\CCCCCCCCCCCCCCCCCCCCCC(=O)NC(COP(=O)(O)OCC[N+](C)(C)C)C(O)CCCCCCCCCCCCCCCCCCCCCCCCCCCCCC. The number of amides is 1. The van der Waals surface area contributed by atoms with Gasteiger partial charge in [0, 0.05) is 6.42 Å². The Bertz CT molecular complexity index is 1370. The number of carbonyl (C=O) groups excluding carboxylic acids is 1. The van der Waals surface area contributed by atoms with Gasteiger partial charge >= 0.3 is 7.82 Å². The highest BCUT2D eigenvalue weighted by Gasteiger charge is 2.28. The average molecular weight is 1160 g/mol. The van der Waals surface area contributed by atoms with E-state index in [0.717, 1.165) is 44.9 Å². The molecule has 0 bridgehead atoms. The molecular weight excluding hydrogens is 1020 g/mol. The molecule has 0 aliphatic heterocycles. The topological polar surface area (TPSA) is 105 Å². The Labute approximate surface area is 506 Å². The number of carbonyl (C=O) groups is 1. The summed E-state index contributed by atoms with van der Waals surface area (Å²) in [6, 6.07) is -0.760. The zero-order chi connectivity index (χ0) is 59.1. The summed E-state index contributed by atoms with van der Waals surface area (Å²) >= 11 is 0. The van der Waals surface area contributed by atoms with Gasteiger partial charge < -0.3 is 19.8 Å². The fraction of sp³-hybridized carbons (Fsp3) is 0.931. The van der Waals surface area contributed by atoms with E-state index in [9.17, 15) is 19.4 Å². The molecule has 0 aliphatic carbocycles. The molecule has 3 unspecified atom stereocenters. The highest BCUT2D eigenvalue weighted by molar-refractivity contribution is 7.47. The van der Waals surface area contributed by atoms with Gasteiger partial charge in [0.15, 0.2) is 0 Å². The van der Waals surface area contributed by atoms with Gasteiger partial charge in [0.05, 0.1) is 39.9 Å². The predicted octanol–water partition coefficient (Wildman–Crippen LogP) is 23.1. The minimum atomic E-state index is -4.33. The van der Waals surface area contributed by atoms with E-state index in [0.29, 0.717) is 23.9 Å². The number of likely N-dealkylation sites (N-methyl/N-ethyl adjacent to an activating group) is 1. The molecule has 0 rings (SSSR count). The van der Waals surface area contributed by atoms with Gasteiger partial charge in [0.2, 0.25) is 5.91 Å². The summed E-state index contributed by atoms with van der Waals surface area (Å²) in [7, 11) is 1.64. The number of nitrogens with one attached hydrogen (secondary N) is 1. The molecule has 0 spiro atoms. The number of phosphoric acid groups is 1. The summed E-state index contributed by atoms with van der Waals surface area (Å²) in [5.74, 6) is -0.135. The highest BCUT2D eigenvalue weighted by atomic mass is 31.2. The molecule has 0 aliphatic rings. The molecule has 0 radical (unpaired) electrons. The van der Waals surface area contributed by atoms with E-state index in [1.54, 1.807) is 0 Å². The largest absolute Gasteiger partial charge is 0.472 e. The molecule has 0 aromatic rings. The molecule has 81 heavy (non-hydrogen) atoms. The standard InChI is InChI=1S/C72H143N2O6P/c1-6-8-10-12-14-16-18-20-22-24-26-28-30-32-34-36-37-38-40-42-44-46-48-50-52-54-56-58-60-62-64-66-72(76)73-70(69-80-81(77,78)79-68-67-74(3,4)5)71(75)65-63-61-59-57-55-53-51-49-47-45-43-41-39-35-33-31-29-27-25-23-21-19-17-15-13-11-9-7-2/h18,20,24,26,70-71,75H,6-17,19,21-23,25,27-69H2,1-5H3,(H-,73,76,77,78)/p+1/b20-18-,26-24-. The van der Waals surface area contributed by atoms with Gasteiger partial charge in [-0.05, 0) is 44.9 Å². The Morgan fingerprint density at radius 1 is 0.420 bits per heavy atom. The van der Waals surface area contributed by atoms with Gasteiger partial charge in [-0.1, -0.05) is 353 Å². The second kappa shape index (κ2) is 63.5. The highest BCUT2D eigenvalue weighted by Crippen LogP contribution is 2.43. The summed E-state index contributed by atoms with van der Waals surface area (Å²) in [5, 5.41) is 14.2. The lowest BCUT2D eigenvalue weighted by Crippen LogP contribution is -2.46. The van der Waals surface area contributed by atoms with Crippen molar-refractivity contribution in [3.05, 3.63) is 24.3 Å². The van der Waals surface area contributed by atoms with Crippen LogP contribution >= 0.6 is 7.82 Å². The van der Waals surface area contributed by atoms with E-state index in [1.165, 1.54) is 308 Å². The lowest BCUT2D eigenvalue weighted by molar-refractivity contribution is -0.870. The van der Waals surface area contributed by atoms with Crippen LogP contribution in [0.1, 0.15) is 380 Å². The quantitative estimate of drug-likeness (QED) is 0.0243. The van der Waals surface area contributed by atoms with Gasteiger partial charge in [-0.15, -0.1) is 0 Å². The number of quaternary nitrogens is 1. The molecule has 8 nitrogen and oxygen atoms in total. The van der Waals surface area contributed by atoms with Crippen LogP contribution < -0.4 is 5.32 Å².